The number of halogens is 6. The molecule has 0 spiro atoms. The molecule has 16 heteroatoms. The number of sulfonamides is 1. The number of nitrogens with one attached hydrogen (secondary N) is 2. The van der Waals surface area contributed by atoms with Crippen LogP contribution in [0.2, 0.25) is 0 Å². The van der Waals surface area contributed by atoms with Crippen LogP contribution in [-0.2, 0) is 21.0 Å². The fourth-order valence-corrected chi connectivity index (χ4v) is 4.09. The predicted octanol–water partition coefficient (Wildman–Crippen LogP) is 5.53. The number of nitrogens with zero attached hydrogens (tertiary/aromatic N) is 3. The molecule has 40 heavy (non-hydrogen) atoms. The summed E-state index contributed by atoms with van der Waals surface area (Å²) in [6.45, 7) is 1.44. The molecule has 4 rings (SSSR count). The zero-order valence-corrected chi connectivity index (χ0v) is 20.9. The summed E-state index contributed by atoms with van der Waals surface area (Å²) >= 11 is 0. The van der Waals surface area contributed by atoms with Gasteiger partial charge in [-0.2, -0.15) is 50.0 Å². The Hall–Kier alpha value is -4.60. The van der Waals surface area contributed by atoms with Crippen molar-refractivity contribution in [3.8, 4) is 16.9 Å². The fraction of sp³-hybridized carbons (Fsp3) is 0.125. The quantitative estimate of drug-likeness (QED) is 0.200. The number of phenols is 1. The number of para-hydroxylation sites is 1. The van der Waals surface area contributed by atoms with Crippen molar-refractivity contribution in [2.24, 2.45) is 10.2 Å². The number of amides is 1. The molecule has 0 saturated carbocycles. The van der Waals surface area contributed by atoms with Crippen molar-refractivity contribution >= 4 is 44.4 Å². The Kier molecular flexibility index (Phi) is 7.23. The first-order chi connectivity index (χ1) is 18.6. The molecule has 9 nitrogen and oxygen atoms in total. The number of benzene rings is 3. The summed E-state index contributed by atoms with van der Waals surface area (Å²) in [6, 6.07) is 12.8. The zero-order chi connectivity index (χ0) is 29.5. The molecule has 3 aromatic rings. The second kappa shape index (κ2) is 10.2. The van der Waals surface area contributed by atoms with Gasteiger partial charge in [0, 0.05) is 11.3 Å². The largest absolute Gasteiger partial charge is 0.516 e. The van der Waals surface area contributed by atoms with Crippen molar-refractivity contribution in [3.05, 3.63) is 72.3 Å². The summed E-state index contributed by atoms with van der Waals surface area (Å²) in [5.74, 6) is -1.19. The Morgan fingerprint density at radius 3 is 2.23 bits per heavy atom. The molecule has 0 saturated heterocycles. The summed E-state index contributed by atoms with van der Waals surface area (Å²) in [6.07, 6.45) is -4.56. The SMILES string of the molecule is CC1=NN(c2ccc(C(F)(F)F)cc2)C(=O)C1=NNc1cccc(-c2cccc(NS(=O)(=O)C(F)(F)F)c2)c1O. The molecule has 0 aromatic heterocycles. The Morgan fingerprint density at radius 1 is 0.950 bits per heavy atom. The van der Waals surface area contributed by atoms with E-state index in [1.54, 1.807) is 0 Å². The highest BCUT2D eigenvalue weighted by molar-refractivity contribution is 7.93. The van der Waals surface area contributed by atoms with Crippen LogP contribution < -0.4 is 15.2 Å². The zero-order valence-electron chi connectivity index (χ0n) is 20.0. The van der Waals surface area contributed by atoms with Gasteiger partial charge in [-0.15, -0.1) is 0 Å². The molecule has 210 valence electrons. The fourth-order valence-electron chi connectivity index (χ4n) is 3.54. The number of hydrazone groups is 2. The van der Waals surface area contributed by atoms with Crippen LogP contribution in [0, 0.1) is 0 Å². The van der Waals surface area contributed by atoms with Crippen molar-refractivity contribution in [2.75, 3.05) is 15.2 Å². The van der Waals surface area contributed by atoms with E-state index in [1.165, 1.54) is 42.0 Å². The molecule has 1 heterocycles. The Morgan fingerprint density at radius 2 is 1.60 bits per heavy atom. The van der Waals surface area contributed by atoms with Crippen molar-refractivity contribution in [1.29, 1.82) is 0 Å². The molecule has 0 fully saturated rings. The number of carbonyl (C=O) groups excluding carboxylic acids is 1. The molecule has 0 aliphatic carbocycles. The molecule has 1 aliphatic rings. The van der Waals surface area contributed by atoms with Gasteiger partial charge in [0.1, 0.15) is 5.75 Å². The van der Waals surface area contributed by atoms with E-state index < -0.39 is 44.6 Å². The maximum Gasteiger partial charge on any atom is 0.516 e. The highest BCUT2D eigenvalue weighted by Crippen LogP contribution is 2.37. The topological polar surface area (TPSA) is 123 Å². The maximum atomic E-state index is 12.8. The second-order valence-electron chi connectivity index (χ2n) is 8.25. The lowest BCUT2D eigenvalue weighted by atomic mass is 10.0. The van der Waals surface area contributed by atoms with Gasteiger partial charge in [-0.3, -0.25) is 14.9 Å². The minimum absolute atomic E-state index is 0.0279. The number of alkyl halides is 6. The van der Waals surface area contributed by atoms with Crippen LogP contribution in [0.3, 0.4) is 0 Å². The van der Waals surface area contributed by atoms with Crippen molar-refractivity contribution in [2.45, 2.75) is 18.6 Å². The Labute approximate surface area is 222 Å². The predicted molar refractivity (Wildman–Crippen MR) is 135 cm³/mol. The van der Waals surface area contributed by atoms with Crippen LogP contribution in [0.4, 0.5) is 43.4 Å². The third-order valence-corrected chi connectivity index (χ3v) is 6.60. The summed E-state index contributed by atoms with van der Waals surface area (Å²) < 4.78 is 101. The van der Waals surface area contributed by atoms with Crippen molar-refractivity contribution in [3.63, 3.8) is 0 Å². The summed E-state index contributed by atoms with van der Waals surface area (Å²) in [4.78, 5) is 12.8. The van der Waals surface area contributed by atoms with E-state index in [1.807, 2.05) is 0 Å². The third-order valence-electron chi connectivity index (χ3n) is 5.48. The highest BCUT2D eigenvalue weighted by Gasteiger charge is 2.46. The van der Waals surface area contributed by atoms with Gasteiger partial charge in [0.15, 0.2) is 5.71 Å². The number of hydrogen-bond donors (Lipinski definition) is 3. The average molecular weight is 585 g/mol. The van der Waals surface area contributed by atoms with E-state index in [2.05, 4.69) is 15.6 Å². The molecule has 0 unspecified atom stereocenters. The first-order valence-corrected chi connectivity index (χ1v) is 12.5. The van der Waals surface area contributed by atoms with Crippen molar-refractivity contribution in [1.82, 2.24) is 0 Å². The Bertz CT molecular complexity index is 1630. The van der Waals surface area contributed by atoms with Crippen LogP contribution in [0.25, 0.3) is 11.1 Å². The maximum absolute atomic E-state index is 12.8. The minimum Gasteiger partial charge on any atom is -0.505 e. The van der Waals surface area contributed by atoms with E-state index in [0.717, 1.165) is 41.4 Å². The number of phenolic OH excluding ortho intramolecular Hbond substituents is 1. The number of aromatic hydroxyl groups is 1. The molecule has 3 N–H and O–H groups in total. The van der Waals surface area contributed by atoms with E-state index >= 15 is 0 Å². The lowest BCUT2D eigenvalue weighted by Gasteiger charge is -2.14. The van der Waals surface area contributed by atoms with Gasteiger partial charge < -0.3 is 5.11 Å². The van der Waals surface area contributed by atoms with Gasteiger partial charge in [0.25, 0.3) is 0 Å². The molecule has 1 aliphatic heterocycles. The number of carbonyl (C=O) groups is 1. The summed E-state index contributed by atoms with van der Waals surface area (Å²) in [5.41, 5.74) is -4.14. The molecular weight excluding hydrogens is 568 g/mol. The minimum atomic E-state index is -5.67. The average Bonchev–Trinajstić information content (AvgIpc) is 3.15. The summed E-state index contributed by atoms with van der Waals surface area (Å²) in [5, 5.41) is 19.6. The van der Waals surface area contributed by atoms with Gasteiger partial charge in [-0.05, 0) is 55.0 Å². The smallest absolute Gasteiger partial charge is 0.505 e. The van der Waals surface area contributed by atoms with E-state index in [9.17, 15) is 44.7 Å². The first-order valence-electron chi connectivity index (χ1n) is 11.0. The highest BCUT2D eigenvalue weighted by atomic mass is 32.2. The standard InChI is InChI=1S/C24H17F6N5O4S/c1-13-20(22(37)35(33-13)17-10-8-15(9-11-17)23(25,26)27)32-31-19-7-3-6-18(21(19)36)14-4-2-5-16(12-14)34-40(38,39)24(28,29)30/h2-12,31,34,36H,1H3. The van der Waals surface area contributed by atoms with Gasteiger partial charge in [-0.1, -0.05) is 24.3 Å². The van der Waals surface area contributed by atoms with Gasteiger partial charge >= 0.3 is 27.6 Å². The van der Waals surface area contributed by atoms with Crippen LogP contribution in [-0.4, -0.2) is 36.4 Å². The lowest BCUT2D eigenvalue weighted by molar-refractivity contribution is -0.137. The lowest BCUT2D eigenvalue weighted by Crippen LogP contribution is -2.29. The number of hydrogen-bond acceptors (Lipinski definition) is 7. The third kappa shape index (κ3) is 5.70. The molecule has 3 aromatic carbocycles. The van der Waals surface area contributed by atoms with Crippen LogP contribution in [0.15, 0.2) is 76.9 Å². The van der Waals surface area contributed by atoms with Gasteiger partial charge in [0.05, 0.1) is 22.6 Å². The van der Waals surface area contributed by atoms with Crippen LogP contribution in [0.5, 0.6) is 5.75 Å². The molecule has 0 bridgehead atoms. The Balaban J connectivity index is 1.56. The molecule has 0 radical (unpaired) electrons. The second-order valence-corrected chi connectivity index (χ2v) is 9.93. The molecule has 1 amide bonds. The molecule has 0 atom stereocenters. The number of anilines is 3. The normalized spacial score (nSPS) is 15.4. The van der Waals surface area contributed by atoms with Gasteiger partial charge in [-0.25, -0.2) is 0 Å². The van der Waals surface area contributed by atoms with E-state index in [4.69, 9.17) is 0 Å². The number of rotatable bonds is 6. The summed E-state index contributed by atoms with van der Waals surface area (Å²) in [7, 11) is -5.67. The first kappa shape index (κ1) is 28.4. The van der Waals surface area contributed by atoms with E-state index in [0.29, 0.717) is 0 Å². The van der Waals surface area contributed by atoms with Crippen molar-refractivity contribution < 1.29 is 44.7 Å². The monoisotopic (exact) mass is 585 g/mol. The van der Waals surface area contributed by atoms with Crippen LogP contribution >= 0.6 is 0 Å². The van der Waals surface area contributed by atoms with Gasteiger partial charge in [0.2, 0.25) is 0 Å². The van der Waals surface area contributed by atoms with Crippen LogP contribution in [0.1, 0.15) is 12.5 Å². The van der Waals surface area contributed by atoms with E-state index in [-0.39, 0.29) is 33.9 Å². The molecular formula is C24H17F6N5O4S.